The van der Waals surface area contributed by atoms with E-state index in [0.29, 0.717) is 0 Å². The van der Waals surface area contributed by atoms with Gasteiger partial charge in [-0.25, -0.2) is 0 Å². The molecule has 0 atom stereocenters. The van der Waals surface area contributed by atoms with E-state index in [4.69, 9.17) is 10.2 Å². The average Bonchev–Trinajstić information content (AvgIpc) is 2.96. The standard InChI is InChI=1S/C34H36N2/c1-3-5-17-33(31-23-19-29(20-24-31)27-13-9-7-10-14-27)35-36-34(18-6-4-2)32-25-21-30(22-26-32)28-15-11-8-12-16-28/h7-16,19-26H,3-6,17-18H2,1-2H3/b35-33-,36-34-. The lowest BCUT2D eigenvalue weighted by Gasteiger charge is -2.09. The van der Waals surface area contributed by atoms with E-state index in [1.54, 1.807) is 0 Å². The molecule has 4 rings (SSSR count). The molecule has 0 aliphatic carbocycles. The fourth-order valence-corrected chi connectivity index (χ4v) is 4.28. The van der Waals surface area contributed by atoms with Crippen LogP contribution < -0.4 is 0 Å². The summed E-state index contributed by atoms with van der Waals surface area (Å²) in [6, 6.07) is 38.5. The molecule has 4 aromatic rings. The number of hydrogen-bond donors (Lipinski definition) is 0. The molecule has 0 heterocycles. The van der Waals surface area contributed by atoms with E-state index >= 15 is 0 Å². The van der Waals surface area contributed by atoms with Gasteiger partial charge in [-0.2, -0.15) is 10.2 Å². The van der Waals surface area contributed by atoms with Gasteiger partial charge in [0.2, 0.25) is 0 Å². The zero-order valence-electron chi connectivity index (χ0n) is 21.5. The van der Waals surface area contributed by atoms with E-state index in [1.807, 2.05) is 0 Å². The summed E-state index contributed by atoms with van der Waals surface area (Å²) in [6.45, 7) is 4.45. The van der Waals surface area contributed by atoms with Gasteiger partial charge in [0.15, 0.2) is 0 Å². The van der Waals surface area contributed by atoms with Crippen molar-refractivity contribution in [3.63, 3.8) is 0 Å². The molecule has 0 saturated heterocycles. The van der Waals surface area contributed by atoms with Crippen LogP contribution in [0.15, 0.2) is 119 Å². The van der Waals surface area contributed by atoms with Crippen LogP contribution in [0.5, 0.6) is 0 Å². The maximum absolute atomic E-state index is 4.85. The molecule has 36 heavy (non-hydrogen) atoms. The van der Waals surface area contributed by atoms with Crippen LogP contribution in [0.2, 0.25) is 0 Å². The Labute approximate surface area is 216 Å². The van der Waals surface area contributed by atoms with Crippen molar-refractivity contribution < 1.29 is 0 Å². The molecule has 0 aliphatic rings. The Morgan fingerprint density at radius 3 is 1.11 bits per heavy atom. The van der Waals surface area contributed by atoms with Crippen LogP contribution in [0.3, 0.4) is 0 Å². The lowest BCUT2D eigenvalue weighted by atomic mass is 10.00. The van der Waals surface area contributed by atoms with Gasteiger partial charge >= 0.3 is 0 Å². The Kier molecular flexibility index (Phi) is 9.39. The highest BCUT2D eigenvalue weighted by Gasteiger charge is 2.08. The van der Waals surface area contributed by atoms with Gasteiger partial charge in [-0.05, 0) is 59.1 Å². The summed E-state index contributed by atoms with van der Waals surface area (Å²) in [6.07, 6.45) is 6.33. The van der Waals surface area contributed by atoms with Gasteiger partial charge in [-0.1, -0.05) is 136 Å². The summed E-state index contributed by atoms with van der Waals surface area (Å²) in [5.41, 5.74) is 9.34. The zero-order valence-corrected chi connectivity index (χ0v) is 21.5. The van der Waals surface area contributed by atoms with Gasteiger partial charge in [0.25, 0.3) is 0 Å². The second kappa shape index (κ2) is 13.3. The van der Waals surface area contributed by atoms with Crippen LogP contribution in [0, 0.1) is 0 Å². The van der Waals surface area contributed by atoms with E-state index in [2.05, 4.69) is 123 Å². The molecule has 2 heteroatoms. The molecule has 0 amide bonds. The molecule has 0 spiro atoms. The van der Waals surface area contributed by atoms with Crippen molar-refractivity contribution in [1.29, 1.82) is 0 Å². The van der Waals surface area contributed by atoms with Gasteiger partial charge < -0.3 is 0 Å². The molecule has 0 N–H and O–H groups in total. The second-order valence-corrected chi connectivity index (χ2v) is 9.19. The zero-order chi connectivity index (χ0) is 25.0. The van der Waals surface area contributed by atoms with Crippen LogP contribution in [0.25, 0.3) is 22.3 Å². The average molecular weight is 473 g/mol. The van der Waals surface area contributed by atoms with Crippen LogP contribution in [-0.4, -0.2) is 11.4 Å². The Balaban J connectivity index is 1.62. The molecule has 0 saturated carbocycles. The topological polar surface area (TPSA) is 24.7 Å². The highest BCUT2D eigenvalue weighted by Crippen LogP contribution is 2.22. The van der Waals surface area contributed by atoms with E-state index in [1.165, 1.54) is 22.3 Å². The third-order valence-corrected chi connectivity index (χ3v) is 6.48. The maximum Gasteiger partial charge on any atom is 0.0702 e. The van der Waals surface area contributed by atoms with E-state index in [-0.39, 0.29) is 0 Å². The largest absolute Gasteiger partial charge is 0.155 e. The van der Waals surface area contributed by atoms with Gasteiger partial charge in [0.05, 0.1) is 11.4 Å². The Hall–Kier alpha value is -3.78. The van der Waals surface area contributed by atoms with Gasteiger partial charge in [0, 0.05) is 0 Å². The molecular weight excluding hydrogens is 436 g/mol. The predicted molar refractivity (Wildman–Crippen MR) is 156 cm³/mol. The first-order valence-electron chi connectivity index (χ1n) is 13.2. The molecule has 0 bridgehead atoms. The molecule has 0 aromatic heterocycles. The molecule has 2 nitrogen and oxygen atoms in total. The summed E-state index contributed by atoms with van der Waals surface area (Å²) in [7, 11) is 0. The summed E-state index contributed by atoms with van der Waals surface area (Å²) in [5, 5.41) is 9.70. The summed E-state index contributed by atoms with van der Waals surface area (Å²) >= 11 is 0. The van der Waals surface area contributed by atoms with E-state index in [9.17, 15) is 0 Å². The van der Waals surface area contributed by atoms with Crippen molar-refractivity contribution in [2.24, 2.45) is 10.2 Å². The molecule has 0 unspecified atom stereocenters. The third-order valence-electron chi connectivity index (χ3n) is 6.48. The first kappa shape index (κ1) is 25.3. The van der Waals surface area contributed by atoms with Gasteiger partial charge in [0.1, 0.15) is 0 Å². The van der Waals surface area contributed by atoms with Crippen LogP contribution >= 0.6 is 0 Å². The number of nitrogens with zero attached hydrogens (tertiary/aromatic N) is 2. The Morgan fingerprint density at radius 1 is 0.444 bits per heavy atom. The summed E-state index contributed by atoms with van der Waals surface area (Å²) in [4.78, 5) is 0. The lowest BCUT2D eigenvalue weighted by Crippen LogP contribution is -2.04. The van der Waals surface area contributed by atoms with Crippen LogP contribution in [-0.2, 0) is 0 Å². The van der Waals surface area contributed by atoms with E-state index < -0.39 is 0 Å². The molecule has 0 radical (unpaired) electrons. The highest BCUT2D eigenvalue weighted by molar-refractivity contribution is 6.04. The molecular formula is C34H36N2. The highest BCUT2D eigenvalue weighted by atomic mass is 15.2. The quantitative estimate of drug-likeness (QED) is 0.153. The van der Waals surface area contributed by atoms with E-state index in [0.717, 1.165) is 61.1 Å². The normalized spacial score (nSPS) is 12.1. The van der Waals surface area contributed by atoms with Gasteiger partial charge in [-0.3, -0.25) is 0 Å². The SMILES string of the molecule is CCCC/C(=N/N=C(/CCCC)c1ccc(-c2ccccc2)cc1)c1ccc(-c2ccccc2)cc1. The second-order valence-electron chi connectivity index (χ2n) is 9.19. The fourth-order valence-electron chi connectivity index (χ4n) is 4.28. The lowest BCUT2D eigenvalue weighted by molar-refractivity contribution is 0.826. The smallest absolute Gasteiger partial charge is 0.0702 e. The summed E-state index contributed by atoms with van der Waals surface area (Å²) in [5.74, 6) is 0. The predicted octanol–water partition coefficient (Wildman–Crippen LogP) is 9.59. The first-order valence-corrected chi connectivity index (χ1v) is 13.2. The fraction of sp³-hybridized carbons (Fsp3) is 0.235. The Bertz CT molecular complexity index is 1150. The van der Waals surface area contributed by atoms with Crippen molar-refractivity contribution in [3.05, 3.63) is 120 Å². The molecule has 0 fully saturated rings. The van der Waals surface area contributed by atoms with Gasteiger partial charge in [-0.15, -0.1) is 0 Å². The number of rotatable bonds is 11. The first-order chi connectivity index (χ1) is 17.8. The number of hydrogen-bond acceptors (Lipinski definition) is 2. The van der Waals surface area contributed by atoms with Crippen LogP contribution in [0.4, 0.5) is 0 Å². The molecule has 0 aliphatic heterocycles. The minimum absolute atomic E-state index is 0.929. The maximum atomic E-state index is 4.85. The number of unbranched alkanes of at least 4 members (excludes halogenated alkanes) is 2. The Morgan fingerprint density at radius 2 is 0.778 bits per heavy atom. The van der Waals surface area contributed by atoms with Crippen molar-refractivity contribution in [2.75, 3.05) is 0 Å². The summed E-state index contributed by atoms with van der Waals surface area (Å²) < 4.78 is 0. The van der Waals surface area contributed by atoms with Crippen molar-refractivity contribution in [1.82, 2.24) is 0 Å². The minimum Gasteiger partial charge on any atom is -0.155 e. The minimum atomic E-state index is 0.929. The third kappa shape index (κ3) is 6.88. The van der Waals surface area contributed by atoms with Crippen molar-refractivity contribution in [2.45, 2.75) is 52.4 Å². The molecule has 4 aromatic carbocycles. The van der Waals surface area contributed by atoms with Crippen LogP contribution in [0.1, 0.15) is 63.5 Å². The van der Waals surface area contributed by atoms with Crippen molar-refractivity contribution in [3.8, 4) is 22.3 Å². The molecule has 182 valence electrons. The van der Waals surface area contributed by atoms with Crippen molar-refractivity contribution >= 4 is 11.4 Å². The number of benzene rings is 4. The monoisotopic (exact) mass is 472 g/mol.